The molecule has 0 bridgehead atoms. The van der Waals surface area contributed by atoms with Gasteiger partial charge in [-0.25, -0.2) is 0 Å². The number of imide groups is 1. The van der Waals surface area contributed by atoms with E-state index in [-0.39, 0.29) is 5.91 Å². The van der Waals surface area contributed by atoms with Crippen LogP contribution in [0.2, 0.25) is 0 Å². The van der Waals surface area contributed by atoms with E-state index in [1.807, 2.05) is 4.90 Å². The predicted molar refractivity (Wildman–Crippen MR) is 111 cm³/mol. The second-order valence-corrected chi connectivity index (χ2v) is 7.54. The fourth-order valence-corrected chi connectivity index (χ4v) is 3.94. The van der Waals surface area contributed by atoms with Gasteiger partial charge in [-0.3, -0.25) is 24.1 Å². The molecule has 0 atom stereocenters. The first-order chi connectivity index (χ1) is 14.6. The van der Waals surface area contributed by atoms with Gasteiger partial charge < -0.3 is 10.2 Å². The fraction of sp³-hybridized carbons (Fsp3) is 0.304. The summed E-state index contributed by atoms with van der Waals surface area (Å²) in [6.07, 6.45) is 4.17. The third-order valence-corrected chi connectivity index (χ3v) is 5.50. The average Bonchev–Trinajstić information content (AvgIpc) is 2.95. The van der Waals surface area contributed by atoms with Gasteiger partial charge in [0.05, 0.1) is 22.4 Å². The molecule has 0 saturated carbocycles. The van der Waals surface area contributed by atoms with Crippen LogP contribution in [-0.2, 0) is 4.79 Å². The summed E-state index contributed by atoms with van der Waals surface area (Å²) < 4.78 is 0. The highest BCUT2D eigenvalue weighted by molar-refractivity contribution is 6.22. The molecule has 2 aliphatic rings. The number of benzene rings is 2. The van der Waals surface area contributed by atoms with Crippen molar-refractivity contribution in [2.24, 2.45) is 0 Å². The fourth-order valence-electron chi connectivity index (χ4n) is 3.94. The number of carbonyl (C=O) groups excluding carboxylic acids is 4. The predicted octanol–water partition coefficient (Wildman–Crippen LogP) is 2.94. The highest BCUT2D eigenvalue weighted by Crippen LogP contribution is 2.23. The van der Waals surface area contributed by atoms with Crippen LogP contribution in [0.25, 0.3) is 0 Å². The van der Waals surface area contributed by atoms with Crippen molar-refractivity contribution >= 4 is 29.3 Å². The molecule has 4 amide bonds. The molecule has 154 valence electrons. The molecule has 30 heavy (non-hydrogen) atoms. The number of carbonyl (C=O) groups is 4. The highest BCUT2D eigenvalue weighted by atomic mass is 16.2. The monoisotopic (exact) mass is 405 g/mol. The third-order valence-electron chi connectivity index (χ3n) is 5.50. The Morgan fingerprint density at radius 3 is 2.00 bits per heavy atom. The van der Waals surface area contributed by atoms with E-state index in [9.17, 15) is 19.2 Å². The summed E-state index contributed by atoms with van der Waals surface area (Å²) >= 11 is 0. The van der Waals surface area contributed by atoms with Crippen molar-refractivity contribution in [1.82, 2.24) is 9.80 Å². The minimum Gasteiger partial charge on any atom is -0.339 e. The first-order valence-corrected chi connectivity index (χ1v) is 10.2. The molecule has 2 aliphatic heterocycles. The molecule has 4 rings (SSSR count). The molecule has 0 aromatic heterocycles. The zero-order valence-electron chi connectivity index (χ0n) is 16.6. The quantitative estimate of drug-likeness (QED) is 0.793. The lowest BCUT2D eigenvalue weighted by molar-refractivity contribution is -0.116. The maximum atomic E-state index is 13.0. The van der Waals surface area contributed by atoms with Crippen LogP contribution < -0.4 is 5.32 Å². The van der Waals surface area contributed by atoms with Crippen molar-refractivity contribution in [2.45, 2.75) is 25.7 Å². The minimum atomic E-state index is -0.527. The molecule has 2 aromatic carbocycles. The minimum absolute atomic E-state index is 0.117. The first kappa shape index (κ1) is 19.8. The van der Waals surface area contributed by atoms with E-state index in [4.69, 9.17) is 0 Å². The van der Waals surface area contributed by atoms with Gasteiger partial charge in [-0.2, -0.15) is 0 Å². The largest absolute Gasteiger partial charge is 0.339 e. The molecule has 7 nitrogen and oxygen atoms in total. The van der Waals surface area contributed by atoms with Gasteiger partial charge in [0.2, 0.25) is 5.91 Å². The number of amides is 4. The molecule has 1 saturated heterocycles. The Kier molecular flexibility index (Phi) is 5.61. The number of para-hydroxylation sites is 1. The summed E-state index contributed by atoms with van der Waals surface area (Å²) in [5.41, 5.74) is 1.39. The Morgan fingerprint density at radius 2 is 1.37 bits per heavy atom. The molecule has 0 aliphatic carbocycles. The van der Waals surface area contributed by atoms with Crippen LogP contribution in [0.15, 0.2) is 48.5 Å². The molecule has 1 fully saturated rings. The van der Waals surface area contributed by atoms with E-state index in [2.05, 4.69) is 5.32 Å². The van der Waals surface area contributed by atoms with Gasteiger partial charge in [0.1, 0.15) is 6.54 Å². The summed E-state index contributed by atoms with van der Waals surface area (Å²) in [5.74, 6) is -1.62. The standard InChI is InChI=1S/C23H23N3O4/c27-20(15-26-22(29)16-9-3-4-10-17(16)23(26)30)24-19-12-6-5-11-18(19)21(28)25-13-7-1-2-8-14-25/h3-6,9-12H,1-2,7-8,13-15H2,(H,24,27). The SMILES string of the molecule is O=C(CN1C(=O)c2ccccc2C1=O)Nc1ccccc1C(=O)N1CCCCCC1. The molecule has 0 spiro atoms. The number of hydrogen-bond donors (Lipinski definition) is 1. The maximum Gasteiger partial charge on any atom is 0.262 e. The Labute approximate surface area is 174 Å². The summed E-state index contributed by atoms with van der Waals surface area (Å²) in [5, 5.41) is 2.71. The van der Waals surface area contributed by atoms with Crippen molar-refractivity contribution in [3.63, 3.8) is 0 Å². The summed E-state index contributed by atoms with van der Waals surface area (Å²) in [6.45, 7) is 1.00. The number of nitrogens with one attached hydrogen (secondary N) is 1. The third kappa shape index (κ3) is 3.83. The van der Waals surface area contributed by atoms with Gasteiger partial charge in [0, 0.05) is 13.1 Å². The number of anilines is 1. The summed E-state index contributed by atoms with van der Waals surface area (Å²) in [7, 11) is 0. The van der Waals surface area contributed by atoms with E-state index < -0.39 is 24.3 Å². The van der Waals surface area contributed by atoms with Gasteiger partial charge in [-0.1, -0.05) is 37.1 Å². The Bertz CT molecular complexity index is 974. The van der Waals surface area contributed by atoms with Gasteiger partial charge in [-0.15, -0.1) is 0 Å². The number of rotatable bonds is 4. The Hall–Kier alpha value is -3.48. The zero-order valence-corrected chi connectivity index (χ0v) is 16.6. The molecular formula is C23H23N3O4. The second-order valence-electron chi connectivity index (χ2n) is 7.54. The van der Waals surface area contributed by atoms with E-state index in [1.165, 1.54) is 0 Å². The molecule has 1 N–H and O–H groups in total. The second kappa shape index (κ2) is 8.49. The lowest BCUT2D eigenvalue weighted by Crippen LogP contribution is -2.38. The number of nitrogens with zero attached hydrogens (tertiary/aromatic N) is 2. The molecule has 2 aromatic rings. The van der Waals surface area contributed by atoms with Gasteiger partial charge >= 0.3 is 0 Å². The van der Waals surface area contributed by atoms with E-state index in [0.717, 1.165) is 30.6 Å². The topological polar surface area (TPSA) is 86.8 Å². The molecule has 0 unspecified atom stereocenters. The molecule has 2 heterocycles. The normalized spacial score (nSPS) is 16.3. The van der Waals surface area contributed by atoms with Crippen LogP contribution >= 0.6 is 0 Å². The highest BCUT2D eigenvalue weighted by Gasteiger charge is 2.36. The van der Waals surface area contributed by atoms with Gasteiger partial charge in [0.15, 0.2) is 0 Å². The van der Waals surface area contributed by atoms with Crippen LogP contribution in [0.1, 0.15) is 56.8 Å². The van der Waals surface area contributed by atoms with Crippen LogP contribution in [0, 0.1) is 0 Å². The van der Waals surface area contributed by atoms with Gasteiger partial charge in [-0.05, 0) is 37.1 Å². The molecule has 7 heteroatoms. The van der Waals surface area contributed by atoms with Crippen LogP contribution in [0.3, 0.4) is 0 Å². The van der Waals surface area contributed by atoms with Crippen molar-refractivity contribution in [3.05, 3.63) is 65.2 Å². The van der Waals surface area contributed by atoms with E-state index in [0.29, 0.717) is 35.5 Å². The first-order valence-electron chi connectivity index (χ1n) is 10.2. The van der Waals surface area contributed by atoms with Crippen molar-refractivity contribution in [2.75, 3.05) is 25.0 Å². The average molecular weight is 405 g/mol. The Morgan fingerprint density at radius 1 is 0.800 bits per heavy atom. The molecular weight excluding hydrogens is 382 g/mol. The van der Waals surface area contributed by atoms with Crippen LogP contribution in [-0.4, -0.2) is 53.1 Å². The van der Waals surface area contributed by atoms with Crippen molar-refractivity contribution < 1.29 is 19.2 Å². The van der Waals surface area contributed by atoms with Gasteiger partial charge in [0.25, 0.3) is 17.7 Å². The Balaban J connectivity index is 1.47. The smallest absolute Gasteiger partial charge is 0.262 e. The summed E-state index contributed by atoms with van der Waals surface area (Å²) in [4.78, 5) is 53.3. The van der Waals surface area contributed by atoms with Crippen LogP contribution in [0.5, 0.6) is 0 Å². The van der Waals surface area contributed by atoms with Crippen molar-refractivity contribution in [1.29, 1.82) is 0 Å². The van der Waals surface area contributed by atoms with Crippen molar-refractivity contribution in [3.8, 4) is 0 Å². The summed E-state index contributed by atoms with van der Waals surface area (Å²) in [6, 6.07) is 13.3. The molecule has 0 radical (unpaired) electrons. The maximum absolute atomic E-state index is 13.0. The van der Waals surface area contributed by atoms with Crippen LogP contribution in [0.4, 0.5) is 5.69 Å². The number of likely N-dealkylation sites (tertiary alicyclic amines) is 1. The lowest BCUT2D eigenvalue weighted by Gasteiger charge is -2.22. The number of hydrogen-bond acceptors (Lipinski definition) is 4. The number of fused-ring (bicyclic) bond motifs is 1. The van der Waals surface area contributed by atoms with E-state index >= 15 is 0 Å². The zero-order chi connectivity index (χ0) is 21.1. The lowest BCUT2D eigenvalue weighted by atomic mass is 10.1. The van der Waals surface area contributed by atoms with E-state index in [1.54, 1.807) is 48.5 Å².